The molecule has 0 aliphatic heterocycles. The Labute approximate surface area is 210 Å². The minimum absolute atomic E-state index is 0.124. The molecule has 5 aromatic rings. The second kappa shape index (κ2) is 10.5. The first-order valence-corrected chi connectivity index (χ1v) is 12.7. The number of rotatable bonds is 8. The van der Waals surface area contributed by atoms with Crippen molar-refractivity contribution in [1.82, 2.24) is 20.1 Å². The standard InChI is InChI=1S/C26H21N5O2S2/c32-23(14-20-17-35-26(28-20)29-25(33)22-12-7-13-34-22)27-15-19-16-31(21-10-5-2-6-11-21)30-24(19)18-8-3-1-4-9-18/h1-13,16-17H,14-15H2,(H,27,32)(H,28,29,33). The topological polar surface area (TPSA) is 88.9 Å². The monoisotopic (exact) mass is 499 g/mol. The molecule has 0 aliphatic carbocycles. The van der Waals surface area contributed by atoms with Crippen LogP contribution in [0.5, 0.6) is 0 Å². The van der Waals surface area contributed by atoms with E-state index in [1.807, 2.05) is 83.0 Å². The highest BCUT2D eigenvalue weighted by atomic mass is 32.1. The van der Waals surface area contributed by atoms with Crippen molar-refractivity contribution in [2.75, 3.05) is 5.32 Å². The van der Waals surface area contributed by atoms with E-state index in [0.717, 1.165) is 22.5 Å². The summed E-state index contributed by atoms with van der Waals surface area (Å²) >= 11 is 2.67. The van der Waals surface area contributed by atoms with E-state index >= 15 is 0 Å². The molecule has 0 aliphatic rings. The molecule has 7 nitrogen and oxygen atoms in total. The molecule has 0 unspecified atom stereocenters. The van der Waals surface area contributed by atoms with E-state index in [2.05, 4.69) is 15.6 Å². The number of nitrogens with one attached hydrogen (secondary N) is 2. The third kappa shape index (κ3) is 5.53. The minimum atomic E-state index is -0.200. The van der Waals surface area contributed by atoms with Gasteiger partial charge in [0.15, 0.2) is 5.13 Å². The van der Waals surface area contributed by atoms with Gasteiger partial charge >= 0.3 is 0 Å². The first-order chi connectivity index (χ1) is 17.2. The van der Waals surface area contributed by atoms with E-state index < -0.39 is 0 Å². The number of hydrogen-bond donors (Lipinski definition) is 2. The summed E-state index contributed by atoms with van der Waals surface area (Å²) in [7, 11) is 0. The van der Waals surface area contributed by atoms with Gasteiger partial charge in [0.05, 0.1) is 28.4 Å². The van der Waals surface area contributed by atoms with Gasteiger partial charge in [-0.3, -0.25) is 14.9 Å². The number of carbonyl (C=O) groups excluding carboxylic acids is 2. The van der Waals surface area contributed by atoms with Crippen molar-refractivity contribution >= 4 is 39.6 Å². The largest absolute Gasteiger partial charge is 0.352 e. The SMILES string of the molecule is O=C(Cc1csc(NC(=O)c2cccs2)n1)NCc1cn(-c2ccccc2)nc1-c1ccccc1. The number of anilines is 1. The average Bonchev–Trinajstić information content (AvgIpc) is 3.65. The summed E-state index contributed by atoms with van der Waals surface area (Å²) in [4.78, 5) is 29.9. The van der Waals surface area contributed by atoms with Gasteiger partial charge in [0.1, 0.15) is 0 Å². The number of benzene rings is 2. The van der Waals surface area contributed by atoms with Crippen molar-refractivity contribution in [3.63, 3.8) is 0 Å². The fourth-order valence-corrected chi connectivity index (χ4v) is 4.85. The first-order valence-electron chi connectivity index (χ1n) is 10.9. The normalized spacial score (nSPS) is 10.7. The molecule has 0 saturated carbocycles. The van der Waals surface area contributed by atoms with E-state index in [1.165, 1.54) is 22.7 Å². The zero-order valence-corrected chi connectivity index (χ0v) is 20.2. The number of carbonyl (C=O) groups is 2. The number of amides is 2. The van der Waals surface area contributed by atoms with E-state index in [1.54, 1.807) is 11.4 Å². The van der Waals surface area contributed by atoms with Crippen molar-refractivity contribution in [3.8, 4) is 16.9 Å². The van der Waals surface area contributed by atoms with Crippen LogP contribution in [0.3, 0.4) is 0 Å². The Hall–Kier alpha value is -4.08. The lowest BCUT2D eigenvalue weighted by Crippen LogP contribution is -2.24. The molecule has 2 aromatic carbocycles. The van der Waals surface area contributed by atoms with Gasteiger partial charge in [-0.2, -0.15) is 5.10 Å². The number of para-hydroxylation sites is 1. The van der Waals surface area contributed by atoms with Crippen molar-refractivity contribution in [1.29, 1.82) is 0 Å². The third-order valence-electron chi connectivity index (χ3n) is 5.19. The quantitative estimate of drug-likeness (QED) is 0.308. The lowest BCUT2D eigenvalue weighted by Gasteiger charge is -2.05. The molecule has 0 spiro atoms. The van der Waals surface area contributed by atoms with Gasteiger partial charge in [-0.1, -0.05) is 54.6 Å². The maximum absolute atomic E-state index is 12.7. The Morgan fingerprint density at radius 1 is 0.914 bits per heavy atom. The van der Waals surface area contributed by atoms with Crippen LogP contribution < -0.4 is 10.6 Å². The van der Waals surface area contributed by atoms with Crippen molar-refractivity contribution in [2.45, 2.75) is 13.0 Å². The molecule has 5 rings (SSSR count). The van der Waals surface area contributed by atoms with Crippen LogP contribution in [0, 0.1) is 0 Å². The zero-order valence-electron chi connectivity index (χ0n) is 18.5. The van der Waals surface area contributed by atoms with Crippen LogP contribution in [0.1, 0.15) is 20.9 Å². The Bertz CT molecular complexity index is 1430. The molecular weight excluding hydrogens is 478 g/mol. The second-order valence-corrected chi connectivity index (χ2v) is 9.48. The average molecular weight is 500 g/mol. The van der Waals surface area contributed by atoms with Crippen LogP contribution in [0.25, 0.3) is 16.9 Å². The summed E-state index contributed by atoms with van der Waals surface area (Å²) in [6.07, 6.45) is 2.07. The molecule has 35 heavy (non-hydrogen) atoms. The fourth-order valence-electron chi connectivity index (χ4n) is 3.52. The number of thiophene rings is 1. The lowest BCUT2D eigenvalue weighted by molar-refractivity contribution is -0.120. The molecule has 0 saturated heterocycles. The number of hydrogen-bond acceptors (Lipinski definition) is 6. The second-order valence-electron chi connectivity index (χ2n) is 7.68. The predicted octanol–water partition coefficient (Wildman–Crippen LogP) is 5.17. The Balaban J connectivity index is 1.25. The van der Waals surface area contributed by atoms with Crippen LogP contribution in [-0.2, 0) is 17.8 Å². The lowest BCUT2D eigenvalue weighted by atomic mass is 10.1. The summed E-state index contributed by atoms with van der Waals surface area (Å²) in [5.74, 6) is -0.355. The van der Waals surface area contributed by atoms with Crippen LogP contribution in [0.2, 0.25) is 0 Å². The van der Waals surface area contributed by atoms with E-state index in [9.17, 15) is 9.59 Å². The third-order valence-corrected chi connectivity index (χ3v) is 6.87. The molecule has 0 atom stereocenters. The molecule has 0 radical (unpaired) electrons. The Morgan fingerprint density at radius 2 is 1.69 bits per heavy atom. The summed E-state index contributed by atoms with van der Waals surface area (Å²) in [6, 6.07) is 23.4. The van der Waals surface area contributed by atoms with Gasteiger partial charge in [-0.05, 0) is 23.6 Å². The van der Waals surface area contributed by atoms with Gasteiger partial charge < -0.3 is 5.32 Å². The summed E-state index contributed by atoms with van der Waals surface area (Å²) in [5.41, 5.74) is 4.27. The maximum Gasteiger partial charge on any atom is 0.267 e. The van der Waals surface area contributed by atoms with Crippen LogP contribution in [0.15, 0.2) is 89.8 Å². The molecule has 2 amide bonds. The molecule has 3 aromatic heterocycles. The molecule has 9 heteroatoms. The van der Waals surface area contributed by atoms with Crippen molar-refractivity contribution in [3.05, 3.63) is 106 Å². The van der Waals surface area contributed by atoms with Crippen LogP contribution in [-0.4, -0.2) is 26.6 Å². The Kier molecular flexibility index (Phi) is 6.78. The summed E-state index contributed by atoms with van der Waals surface area (Å²) in [6.45, 7) is 0.335. The first kappa shape index (κ1) is 22.7. The minimum Gasteiger partial charge on any atom is -0.352 e. The zero-order chi connectivity index (χ0) is 24.0. The fraction of sp³-hybridized carbons (Fsp3) is 0.0769. The number of nitrogens with zero attached hydrogens (tertiary/aromatic N) is 3. The Morgan fingerprint density at radius 3 is 2.43 bits per heavy atom. The number of thiazole rings is 1. The van der Waals surface area contributed by atoms with Crippen molar-refractivity contribution < 1.29 is 9.59 Å². The van der Waals surface area contributed by atoms with Gasteiger partial charge in [0, 0.05) is 29.2 Å². The molecule has 0 fully saturated rings. The molecule has 2 N–H and O–H groups in total. The van der Waals surface area contributed by atoms with Gasteiger partial charge in [0.25, 0.3) is 5.91 Å². The van der Waals surface area contributed by atoms with E-state index in [4.69, 9.17) is 5.10 Å². The predicted molar refractivity (Wildman–Crippen MR) is 139 cm³/mol. The smallest absolute Gasteiger partial charge is 0.267 e. The molecule has 0 bridgehead atoms. The molecular formula is C26H21N5O2S2. The van der Waals surface area contributed by atoms with Gasteiger partial charge in [0.2, 0.25) is 5.91 Å². The highest BCUT2D eigenvalue weighted by Gasteiger charge is 2.15. The number of aromatic nitrogens is 3. The summed E-state index contributed by atoms with van der Waals surface area (Å²) in [5, 5.41) is 14.6. The highest BCUT2D eigenvalue weighted by molar-refractivity contribution is 7.14. The van der Waals surface area contributed by atoms with Crippen LogP contribution >= 0.6 is 22.7 Å². The maximum atomic E-state index is 12.7. The van der Waals surface area contributed by atoms with Gasteiger partial charge in [-0.15, -0.1) is 22.7 Å². The highest BCUT2D eigenvalue weighted by Crippen LogP contribution is 2.24. The molecule has 174 valence electrons. The van der Waals surface area contributed by atoms with E-state index in [0.29, 0.717) is 22.2 Å². The van der Waals surface area contributed by atoms with Crippen LogP contribution in [0.4, 0.5) is 5.13 Å². The van der Waals surface area contributed by atoms with Crippen molar-refractivity contribution in [2.24, 2.45) is 0 Å². The summed E-state index contributed by atoms with van der Waals surface area (Å²) < 4.78 is 1.83. The van der Waals surface area contributed by atoms with Gasteiger partial charge in [-0.25, -0.2) is 9.67 Å². The molecule has 3 heterocycles. The van der Waals surface area contributed by atoms with E-state index in [-0.39, 0.29) is 18.2 Å².